The first-order valence-electron chi connectivity index (χ1n) is 8.60. The Kier molecular flexibility index (Phi) is 5.25. The zero-order valence-electron chi connectivity index (χ0n) is 14.6. The Labute approximate surface area is 146 Å². The summed E-state index contributed by atoms with van der Waals surface area (Å²) in [5.41, 5.74) is 1.30. The van der Waals surface area contributed by atoms with Crippen molar-refractivity contribution < 1.29 is 9.18 Å². The number of hydrogen-bond donors (Lipinski definition) is 0. The number of rotatable bonds is 5. The van der Waals surface area contributed by atoms with Crippen LogP contribution in [0.4, 0.5) is 4.39 Å². The molecule has 1 fully saturated rings. The SMILES string of the molecule is CCc1cn(C[C@@H]2CCCN(C(=O)/C=C/c3cnn(C)c3F)C2)nn1. The number of carbonyl (C=O) groups is 1. The highest BCUT2D eigenvalue weighted by molar-refractivity contribution is 5.91. The molecule has 3 heterocycles. The minimum absolute atomic E-state index is 0.0965. The number of amides is 1. The van der Waals surface area contributed by atoms with Crippen LogP contribution in [-0.4, -0.2) is 48.7 Å². The van der Waals surface area contributed by atoms with Crippen molar-refractivity contribution in [2.45, 2.75) is 32.7 Å². The summed E-state index contributed by atoms with van der Waals surface area (Å²) in [6, 6.07) is 0. The van der Waals surface area contributed by atoms with Gasteiger partial charge in [0.25, 0.3) is 0 Å². The zero-order chi connectivity index (χ0) is 17.8. The molecule has 0 bridgehead atoms. The summed E-state index contributed by atoms with van der Waals surface area (Å²) in [5, 5.41) is 12.1. The molecule has 1 aliphatic heterocycles. The number of hydrogen-bond acceptors (Lipinski definition) is 4. The standard InChI is InChI=1S/C17H23FN6O/c1-3-15-12-24(21-20-15)11-13-5-4-8-23(10-13)16(25)7-6-14-9-19-22(2)17(14)18/h6-7,9,12-13H,3-5,8,10-11H2,1-2H3/b7-6+/t13-/m1/s1. The fourth-order valence-corrected chi connectivity index (χ4v) is 3.09. The molecular weight excluding hydrogens is 323 g/mol. The maximum absolute atomic E-state index is 13.7. The minimum atomic E-state index is -0.446. The highest BCUT2D eigenvalue weighted by Gasteiger charge is 2.23. The second-order valence-corrected chi connectivity index (χ2v) is 6.43. The van der Waals surface area contributed by atoms with Crippen LogP contribution in [-0.2, 0) is 24.8 Å². The van der Waals surface area contributed by atoms with Gasteiger partial charge in [0.1, 0.15) is 0 Å². The fraction of sp³-hybridized carbons (Fsp3) is 0.529. The lowest BCUT2D eigenvalue weighted by molar-refractivity contribution is -0.127. The van der Waals surface area contributed by atoms with Gasteiger partial charge in [-0.2, -0.15) is 9.49 Å². The maximum Gasteiger partial charge on any atom is 0.246 e. The third-order valence-electron chi connectivity index (χ3n) is 4.52. The van der Waals surface area contributed by atoms with E-state index >= 15 is 0 Å². The van der Waals surface area contributed by atoms with E-state index in [2.05, 4.69) is 15.4 Å². The molecule has 1 saturated heterocycles. The molecule has 134 valence electrons. The number of aryl methyl sites for hydroxylation is 2. The molecule has 7 nitrogen and oxygen atoms in total. The van der Waals surface area contributed by atoms with Gasteiger partial charge in [0.05, 0.1) is 11.9 Å². The molecule has 0 N–H and O–H groups in total. The second kappa shape index (κ2) is 7.58. The Morgan fingerprint density at radius 3 is 3.00 bits per heavy atom. The average molecular weight is 346 g/mol. The normalized spacial score (nSPS) is 18.2. The van der Waals surface area contributed by atoms with Gasteiger partial charge in [0.2, 0.25) is 11.9 Å². The van der Waals surface area contributed by atoms with Crippen LogP contribution < -0.4 is 0 Å². The van der Waals surface area contributed by atoms with Crippen LogP contribution in [0, 0.1) is 11.9 Å². The van der Waals surface area contributed by atoms with Crippen molar-refractivity contribution in [2.75, 3.05) is 13.1 Å². The summed E-state index contributed by atoms with van der Waals surface area (Å²) >= 11 is 0. The van der Waals surface area contributed by atoms with E-state index in [9.17, 15) is 9.18 Å². The number of nitrogens with zero attached hydrogens (tertiary/aromatic N) is 6. The topological polar surface area (TPSA) is 68.8 Å². The molecule has 1 atom stereocenters. The molecule has 25 heavy (non-hydrogen) atoms. The Bertz CT molecular complexity index is 765. The van der Waals surface area contributed by atoms with Gasteiger partial charge in [-0.3, -0.25) is 9.48 Å². The van der Waals surface area contributed by atoms with Crippen molar-refractivity contribution in [2.24, 2.45) is 13.0 Å². The number of halogens is 1. The van der Waals surface area contributed by atoms with Crippen LogP contribution in [0.25, 0.3) is 6.08 Å². The molecule has 0 unspecified atom stereocenters. The summed E-state index contributed by atoms with van der Waals surface area (Å²) in [6.45, 7) is 4.22. The van der Waals surface area contributed by atoms with Gasteiger partial charge in [0, 0.05) is 44.5 Å². The highest BCUT2D eigenvalue weighted by Crippen LogP contribution is 2.19. The Morgan fingerprint density at radius 1 is 1.48 bits per heavy atom. The van der Waals surface area contributed by atoms with Gasteiger partial charge in [0.15, 0.2) is 0 Å². The van der Waals surface area contributed by atoms with Gasteiger partial charge in [-0.1, -0.05) is 12.1 Å². The van der Waals surface area contributed by atoms with Crippen LogP contribution in [0.15, 0.2) is 18.5 Å². The lowest BCUT2D eigenvalue weighted by Gasteiger charge is -2.32. The molecule has 0 spiro atoms. The van der Waals surface area contributed by atoms with E-state index in [1.807, 2.05) is 22.7 Å². The first-order chi connectivity index (χ1) is 12.1. The molecule has 8 heteroatoms. The van der Waals surface area contributed by atoms with Crippen molar-refractivity contribution in [3.8, 4) is 0 Å². The number of aromatic nitrogens is 5. The molecule has 1 aliphatic rings. The lowest BCUT2D eigenvalue weighted by Crippen LogP contribution is -2.40. The van der Waals surface area contributed by atoms with Gasteiger partial charge in [-0.05, 0) is 31.3 Å². The quantitative estimate of drug-likeness (QED) is 0.772. The molecule has 3 rings (SSSR count). The van der Waals surface area contributed by atoms with Gasteiger partial charge >= 0.3 is 0 Å². The molecule has 0 aliphatic carbocycles. The average Bonchev–Trinajstić information content (AvgIpc) is 3.20. The first kappa shape index (κ1) is 17.3. The summed E-state index contributed by atoms with van der Waals surface area (Å²) in [6.07, 6.45) is 9.17. The lowest BCUT2D eigenvalue weighted by atomic mass is 9.98. The van der Waals surface area contributed by atoms with Gasteiger partial charge in [-0.15, -0.1) is 5.10 Å². The second-order valence-electron chi connectivity index (χ2n) is 6.43. The minimum Gasteiger partial charge on any atom is -0.339 e. The molecule has 2 aromatic rings. The summed E-state index contributed by atoms with van der Waals surface area (Å²) in [4.78, 5) is 14.2. The summed E-state index contributed by atoms with van der Waals surface area (Å²) in [5.74, 6) is -0.188. The van der Waals surface area contributed by atoms with Crippen molar-refractivity contribution >= 4 is 12.0 Å². The largest absolute Gasteiger partial charge is 0.339 e. The van der Waals surface area contributed by atoms with E-state index in [0.717, 1.165) is 42.7 Å². The van der Waals surface area contributed by atoms with E-state index in [1.165, 1.54) is 25.4 Å². The number of piperidine rings is 1. The molecule has 0 aromatic carbocycles. The highest BCUT2D eigenvalue weighted by atomic mass is 19.1. The first-order valence-corrected chi connectivity index (χ1v) is 8.60. The molecule has 0 radical (unpaired) electrons. The van der Waals surface area contributed by atoms with Gasteiger partial charge < -0.3 is 4.90 Å². The fourth-order valence-electron chi connectivity index (χ4n) is 3.09. The summed E-state index contributed by atoms with van der Waals surface area (Å²) < 4.78 is 16.7. The van der Waals surface area contributed by atoms with Crippen molar-refractivity contribution in [1.82, 2.24) is 29.7 Å². The van der Waals surface area contributed by atoms with E-state index in [0.29, 0.717) is 18.0 Å². The zero-order valence-corrected chi connectivity index (χ0v) is 14.6. The van der Waals surface area contributed by atoms with Gasteiger partial charge in [-0.25, -0.2) is 4.68 Å². The molecular formula is C17H23FN6O. The van der Waals surface area contributed by atoms with Crippen molar-refractivity contribution in [3.05, 3.63) is 35.7 Å². The van der Waals surface area contributed by atoms with Crippen LogP contribution in [0.5, 0.6) is 0 Å². The van der Waals surface area contributed by atoms with Crippen LogP contribution in [0.1, 0.15) is 31.0 Å². The van der Waals surface area contributed by atoms with Crippen LogP contribution >= 0.6 is 0 Å². The number of carbonyl (C=O) groups excluding carboxylic acids is 1. The van der Waals surface area contributed by atoms with Crippen LogP contribution in [0.3, 0.4) is 0 Å². The smallest absolute Gasteiger partial charge is 0.246 e. The Balaban J connectivity index is 1.58. The molecule has 0 saturated carbocycles. The molecule has 2 aromatic heterocycles. The van der Waals surface area contributed by atoms with Crippen molar-refractivity contribution in [3.63, 3.8) is 0 Å². The maximum atomic E-state index is 13.7. The van der Waals surface area contributed by atoms with Crippen LogP contribution in [0.2, 0.25) is 0 Å². The summed E-state index contributed by atoms with van der Waals surface area (Å²) in [7, 11) is 1.53. The van der Waals surface area contributed by atoms with E-state index in [-0.39, 0.29) is 5.91 Å². The van der Waals surface area contributed by atoms with E-state index in [4.69, 9.17) is 0 Å². The monoisotopic (exact) mass is 346 g/mol. The van der Waals surface area contributed by atoms with E-state index in [1.54, 1.807) is 0 Å². The van der Waals surface area contributed by atoms with E-state index < -0.39 is 5.95 Å². The third kappa shape index (κ3) is 4.12. The number of likely N-dealkylation sites (tertiary alicyclic amines) is 1. The Morgan fingerprint density at radius 2 is 2.32 bits per heavy atom. The third-order valence-corrected chi connectivity index (χ3v) is 4.52. The Hall–Kier alpha value is -2.51. The molecule has 1 amide bonds. The predicted octanol–water partition coefficient (Wildman–Crippen LogP) is 1.67. The van der Waals surface area contributed by atoms with Crippen molar-refractivity contribution in [1.29, 1.82) is 0 Å². The predicted molar refractivity (Wildman–Crippen MR) is 90.9 cm³/mol.